The summed E-state index contributed by atoms with van der Waals surface area (Å²) in [5.74, 6) is -0.840. The Bertz CT molecular complexity index is 578. The van der Waals surface area contributed by atoms with Crippen LogP contribution in [0.25, 0.3) is 0 Å². The number of aryl methyl sites for hydroxylation is 2. The van der Waals surface area contributed by atoms with Crippen LogP contribution in [-0.4, -0.2) is 5.11 Å². The van der Waals surface area contributed by atoms with Crippen LogP contribution in [0.3, 0.4) is 0 Å². The van der Waals surface area contributed by atoms with Gasteiger partial charge in [-0.2, -0.15) is 0 Å². The van der Waals surface area contributed by atoms with E-state index in [-0.39, 0.29) is 11.4 Å². The second-order valence-electron chi connectivity index (χ2n) is 5.02. The minimum Gasteiger partial charge on any atom is -0.381 e. The molecule has 0 bridgehead atoms. The van der Waals surface area contributed by atoms with Crippen molar-refractivity contribution in [3.8, 4) is 0 Å². The van der Waals surface area contributed by atoms with E-state index >= 15 is 0 Å². The average molecular weight is 262 g/mol. The molecule has 0 fully saturated rings. The summed E-state index contributed by atoms with van der Waals surface area (Å²) in [6, 6.07) is 8.65. The van der Waals surface area contributed by atoms with Crippen molar-refractivity contribution < 1.29 is 13.9 Å². The van der Waals surface area contributed by atoms with Gasteiger partial charge in [0.05, 0.1) is 0 Å². The Morgan fingerprint density at radius 2 is 1.58 bits per heavy atom. The van der Waals surface area contributed by atoms with E-state index in [0.717, 1.165) is 5.56 Å². The molecule has 19 heavy (non-hydrogen) atoms. The van der Waals surface area contributed by atoms with Crippen molar-refractivity contribution in [2.45, 2.75) is 26.4 Å². The molecular weight excluding hydrogens is 246 g/mol. The summed E-state index contributed by atoms with van der Waals surface area (Å²) in [5, 5.41) is 10.6. The highest BCUT2D eigenvalue weighted by Gasteiger charge is 2.30. The molecular formula is C16H16F2O. The quantitative estimate of drug-likeness (QED) is 0.872. The van der Waals surface area contributed by atoms with Crippen LogP contribution in [0.2, 0.25) is 0 Å². The van der Waals surface area contributed by atoms with Gasteiger partial charge in [0.2, 0.25) is 0 Å². The van der Waals surface area contributed by atoms with Crippen molar-refractivity contribution in [3.05, 3.63) is 70.3 Å². The molecule has 0 aliphatic heterocycles. The first-order valence-corrected chi connectivity index (χ1v) is 6.08. The van der Waals surface area contributed by atoms with Gasteiger partial charge in [-0.25, -0.2) is 8.78 Å². The fourth-order valence-electron chi connectivity index (χ4n) is 2.45. The fourth-order valence-corrected chi connectivity index (χ4v) is 2.45. The summed E-state index contributed by atoms with van der Waals surface area (Å²) < 4.78 is 27.1. The summed E-state index contributed by atoms with van der Waals surface area (Å²) >= 11 is 0. The van der Waals surface area contributed by atoms with Gasteiger partial charge in [0.1, 0.15) is 17.2 Å². The van der Waals surface area contributed by atoms with E-state index in [1.165, 1.54) is 37.3 Å². The van der Waals surface area contributed by atoms with E-state index in [2.05, 4.69) is 0 Å². The molecule has 2 aromatic rings. The lowest BCUT2D eigenvalue weighted by molar-refractivity contribution is 0.0971. The Balaban J connectivity index is 2.59. The van der Waals surface area contributed by atoms with Crippen LogP contribution in [0.15, 0.2) is 36.4 Å². The largest absolute Gasteiger partial charge is 0.381 e. The zero-order chi connectivity index (χ0) is 14.2. The summed E-state index contributed by atoms with van der Waals surface area (Å²) in [7, 11) is 0. The maximum Gasteiger partial charge on any atom is 0.130 e. The first-order chi connectivity index (χ1) is 8.82. The van der Waals surface area contributed by atoms with Crippen molar-refractivity contribution in [2.75, 3.05) is 0 Å². The lowest BCUT2D eigenvalue weighted by Crippen LogP contribution is -2.25. The first kappa shape index (κ1) is 13.7. The molecule has 100 valence electrons. The average Bonchev–Trinajstić information content (AvgIpc) is 2.27. The molecule has 0 spiro atoms. The predicted molar refractivity (Wildman–Crippen MR) is 70.9 cm³/mol. The van der Waals surface area contributed by atoms with Gasteiger partial charge in [-0.15, -0.1) is 0 Å². The second kappa shape index (κ2) is 4.74. The number of hydrogen-bond donors (Lipinski definition) is 1. The third-order valence-corrected chi connectivity index (χ3v) is 3.32. The topological polar surface area (TPSA) is 20.2 Å². The molecule has 0 heterocycles. The number of benzene rings is 2. The predicted octanol–water partition coefficient (Wildman–Crippen LogP) is 3.84. The van der Waals surface area contributed by atoms with Gasteiger partial charge in [-0.1, -0.05) is 18.2 Å². The van der Waals surface area contributed by atoms with Gasteiger partial charge < -0.3 is 5.11 Å². The smallest absolute Gasteiger partial charge is 0.130 e. The summed E-state index contributed by atoms with van der Waals surface area (Å²) in [6.07, 6.45) is 0. The maximum absolute atomic E-state index is 14.1. The first-order valence-electron chi connectivity index (χ1n) is 6.08. The van der Waals surface area contributed by atoms with E-state index in [9.17, 15) is 13.9 Å². The summed E-state index contributed by atoms with van der Waals surface area (Å²) in [6.45, 7) is 5.07. The molecule has 2 aromatic carbocycles. The zero-order valence-corrected chi connectivity index (χ0v) is 11.2. The Kier molecular flexibility index (Phi) is 3.42. The zero-order valence-electron chi connectivity index (χ0n) is 11.2. The van der Waals surface area contributed by atoms with Gasteiger partial charge in [0, 0.05) is 5.56 Å². The minimum atomic E-state index is -1.49. The molecule has 0 aliphatic carbocycles. The van der Waals surface area contributed by atoms with Crippen LogP contribution in [0.4, 0.5) is 8.78 Å². The van der Waals surface area contributed by atoms with Crippen molar-refractivity contribution in [3.63, 3.8) is 0 Å². The highest BCUT2D eigenvalue weighted by molar-refractivity contribution is 5.42. The van der Waals surface area contributed by atoms with E-state index in [1.54, 1.807) is 13.8 Å². The van der Waals surface area contributed by atoms with Gasteiger partial charge >= 0.3 is 0 Å². The van der Waals surface area contributed by atoms with E-state index in [4.69, 9.17) is 0 Å². The molecule has 1 nitrogen and oxygen atoms in total. The Labute approximate surface area is 111 Å². The number of rotatable bonds is 2. The summed E-state index contributed by atoms with van der Waals surface area (Å²) in [4.78, 5) is 0. The van der Waals surface area contributed by atoms with Crippen molar-refractivity contribution in [2.24, 2.45) is 0 Å². The molecule has 0 saturated heterocycles. The standard InChI is InChI=1S/C16H16F2O/c1-10-8-11(2)15(14(18)9-10)16(3,19)12-4-6-13(17)7-5-12/h4-9,19H,1-3H3. The molecule has 1 N–H and O–H groups in total. The van der Waals surface area contributed by atoms with Gasteiger partial charge in [0.25, 0.3) is 0 Å². The van der Waals surface area contributed by atoms with Crippen LogP contribution < -0.4 is 0 Å². The van der Waals surface area contributed by atoms with E-state index in [1.807, 2.05) is 6.07 Å². The van der Waals surface area contributed by atoms with Crippen LogP contribution in [0.5, 0.6) is 0 Å². The third kappa shape index (κ3) is 2.51. The van der Waals surface area contributed by atoms with Gasteiger partial charge in [-0.3, -0.25) is 0 Å². The monoisotopic (exact) mass is 262 g/mol. The molecule has 1 atom stereocenters. The molecule has 1 unspecified atom stereocenters. The molecule has 0 aliphatic rings. The molecule has 3 heteroatoms. The lowest BCUT2D eigenvalue weighted by Gasteiger charge is -2.27. The van der Waals surface area contributed by atoms with E-state index in [0.29, 0.717) is 11.1 Å². The van der Waals surface area contributed by atoms with Crippen LogP contribution in [0, 0.1) is 25.5 Å². The second-order valence-corrected chi connectivity index (χ2v) is 5.02. The molecule has 0 radical (unpaired) electrons. The fraction of sp³-hybridized carbons (Fsp3) is 0.250. The molecule has 0 saturated carbocycles. The van der Waals surface area contributed by atoms with E-state index < -0.39 is 11.4 Å². The van der Waals surface area contributed by atoms with Crippen molar-refractivity contribution in [1.82, 2.24) is 0 Å². The molecule has 0 amide bonds. The Morgan fingerprint density at radius 3 is 2.11 bits per heavy atom. The van der Waals surface area contributed by atoms with Crippen LogP contribution in [-0.2, 0) is 5.60 Å². The maximum atomic E-state index is 14.1. The number of halogens is 2. The SMILES string of the molecule is Cc1cc(C)c(C(C)(O)c2ccc(F)cc2)c(F)c1. The van der Waals surface area contributed by atoms with Gasteiger partial charge in [-0.05, 0) is 55.7 Å². The Morgan fingerprint density at radius 1 is 1.00 bits per heavy atom. The third-order valence-electron chi connectivity index (χ3n) is 3.32. The Hall–Kier alpha value is -1.74. The highest BCUT2D eigenvalue weighted by atomic mass is 19.1. The minimum absolute atomic E-state index is 0.227. The lowest BCUT2D eigenvalue weighted by atomic mass is 9.84. The number of aliphatic hydroxyl groups is 1. The highest BCUT2D eigenvalue weighted by Crippen LogP contribution is 2.33. The van der Waals surface area contributed by atoms with Crippen LogP contribution >= 0.6 is 0 Å². The molecule has 2 rings (SSSR count). The normalized spacial score (nSPS) is 14.2. The number of hydrogen-bond acceptors (Lipinski definition) is 1. The molecule has 0 aromatic heterocycles. The van der Waals surface area contributed by atoms with Crippen LogP contribution in [0.1, 0.15) is 29.2 Å². The van der Waals surface area contributed by atoms with Crippen molar-refractivity contribution in [1.29, 1.82) is 0 Å². The summed E-state index contributed by atoms with van der Waals surface area (Å²) in [5.41, 5.74) is 0.667. The van der Waals surface area contributed by atoms with Crippen molar-refractivity contribution >= 4 is 0 Å². The van der Waals surface area contributed by atoms with Gasteiger partial charge in [0.15, 0.2) is 0 Å².